The number of aliphatic hydroxyl groups excluding tert-OH is 1. The van der Waals surface area contributed by atoms with E-state index >= 15 is 0 Å². The Morgan fingerprint density at radius 2 is 1.96 bits per heavy atom. The highest BCUT2D eigenvalue weighted by molar-refractivity contribution is 14.0. The molecule has 2 rings (SSSR count). The summed E-state index contributed by atoms with van der Waals surface area (Å²) in [5, 5.41) is 24.5. The fourth-order valence-electron chi connectivity index (χ4n) is 3.09. The zero-order chi connectivity index (χ0) is 18.8. The van der Waals surface area contributed by atoms with Crippen LogP contribution in [0.25, 0.3) is 5.65 Å². The monoisotopic (exact) mass is 488 g/mol. The Morgan fingerprint density at radius 1 is 1.19 bits per heavy atom. The number of aliphatic imine (C=N–C) groups is 1. The predicted molar refractivity (Wildman–Crippen MR) is 121 cm³/mol. The quantitative estimate of drug-likeness (QED) is 0.272. The number of rotatable bonds is 10. The highest BCUT2D eigenvalue weighted by Gasteiger charge is 2.25. The minimum absolute atomic E-state index is 0. The molecule has 2 aromatic heterocycles. The minimum atomic E-state index is 0. The Hall–Kier alpha value is -1.42. The maximum absolute atomic E-state index is 9.37. The van der Waals surface area contributed by atoms with Crippen molar-refractivity contribution >= 4 is 35.6 Å². The van der Waals surface area contributed by atoms with Gasteiger partial charge in [0.1, 0.15) is 5.82 Å². The summed E-state index contributed by atoms with van der Waals surface area (Å²) >= 11 is 0. The number of guanidine groups is 1. The predicted octanol–water partition coefficient (Wildman–Crippen LogP) is 2.63. The molecule has 0 saturated heterocycles. The van der Waals surface area contributed by atoms with Crippen molar-refractivity contribution in [2.75, 3.05) is 26.2 Å². The molecular formula is C19H33IN6O. The highest BCUT2D eigenvalue weighted by Crippen LogP contribution is 2.30. The molecule has 0 aromatic carbocycles. The van der Waals surface area contributed by atoms with E-state index in [1.807, 2.05) is 28.8 Å². The average molecular weight is 488 g/mol. The molecule has 2 heterocycles. The molecule has 0 aliphatic carbocycles. The van der Waals surface area contributed by atoms with Crippen molar-refractivity contribution in [3.63, 3.8) is 0 Å². The van der Waals surface area contributed by atoms with Crippen LogP contribution in [0.3, 0.4) is 0 Å². The lowest BCUT2D eigenvalue weighted by molar-refractivity contribution is 0.175. The Morgan fingerprint density at radius 3 is 2.63 bits per heavy atom. The van der Waals surface area contributed by atoms with Gasteiger partial charge in [-0.05, 0) is 43.7 Å². The van der Waals surface area contributed by atoms with Gasteiger partial charge in [0.25, 0.3) is 0 Å². The molecule has 0 atom stereocenters. The van der Waals surface area contributed by atoms with E-state index in [-0.39, 0.29) is 36.0 Å². The van der Waals surface area contributed by atoms with Crippen molar-refractivity contribution in [1.29, 1.82) is 0 Å². The molecule has 3 N–H and O–H groups in total. The number of pyridine rings is 1. The molecule has 0 amide bonds. The lowest BCUT2D eigenvalue weighted by Crippen LogP contribution is -2.39. The standard InChI is InChI=1S/C19H32N6O.HI/c1-4-19(5-2,11-14-26)15-22-18(20-6-3)21-12-10-17-24-23-16-9-7-8-13-25(16)17;/h7-9,13,26H,4-6,10-12,14-15H2,1-3H3,(H2,20,21,22);1H. The second kappa shape index (κ2) is 12.1. The van der Waals surface area contributed by atoms with Gasteiger partial charge in [0, 0.05) is 38.9 Å². The van der Waals surface area contributed by atoms with Crippen molar-refractivity contribution in [2.24, 2.45) is 10.4 Å². The lowest BCUT2D eigenvalue weighted by Gasteiger charge is -2.29. The zero-order valence-corrected chi connectivity index (χ0v) is 18.9. The van der Waals surface area contributed by atoms with Crippen molar-refractivity contribution < 1.29 is 5.11 Å². The van der Waals surface area contributed by atoms with Gasteiger partial charge in [0.15, 0.2) is 11.6 Å². The molecular weight excluding hydrogens is 455 g/mol. The van der Waals surface area contributed by atoms with Crippen molar-refractivity contribution in [3.8, 4) is 0 Å². The van der Waals surface area contributed by atoms with E-state index in [1.54, 1.807) is 0 Å². The van der Waals surface area contributed by atoms with E-state index in [9.17, 15) is 5.11 Å². The molecule has 0 saturated carbocycles. The molecule has 0 spiro atoms. The molecule has 2 aromatic rings. The summed E-state index contributed by atoms with van der Waals surface area (Å²) in [5.41, 5.74) is 0.933. The van der Waals surface area contributed by atoms with Gasteiger partial charge in [0.05, 0.1) is 0 Å². The molecule has 152 valence electrons. The summed E-state index contributed by atoms with van der Waals surface area (Å²) in [4.78, 5) is 4.77. The first kappa shape index (κ1) is 23.6. The Bertz CT molecular complexity index is 698. The molecule has 0 fully saturated rings. The van der Waals surface area contributed by atoms with Crippen LogP contribution < -0.4 is 10.6 Å². The van der Waals surface area contributed by atoms with E-state index in [0.29, 0.717) is 6.54 Å². The molecule has 0 aliphatic rings. The third kappa shape index (κ3) is 6.60. The van der Waals surface area contributed by atoms with Crippen LogP contribution in [0.2, 0.25) is 0 Å². The van der Waals surface area contributed by atoms with Gasteiger partial charge in [-0.2, -0.15) is 0 Å². The van der Waals surface area contributed by atoms with Crippen LogP contribution in [0, 0.1) is 5.41 Å². The van der Waals surface area contributed by atoms with Crippen LogP contribution >= 0.6 is 24.0 Å². The highest BCUT2D eigenvalue weighted by atomic mass is 127. The summed E-state index contributed by atoms with van der Waals surface area (Å²) in [7, 11) is 0. The number of hydrogen-bond acceptors (Lipinski definition) is 4. The van der Waals surface area contributed by atoms with Gasteiger partial charge in [-0.1, -0.05) is 19.9 Å². The fourth-order valence-corrected chi connectivity index (χ4v) is 3.09. The normalized spacial score (nSPS) is 12.1. The smallest absolute Gasteiger partial charge is 0.191 e. The third-order valence-electron chi connectivity index (χ3n) is 5.08. The maximum Gasteiger partial charge on any atom is 0.191 e. The molecule has 0 aliphatic heterocycles. The molecule has 8 heteroatoms. The largest absolute Gasteiger partial charge is 0.396 e. The maximum atomic E-state index is 9.37. The first-order valence-corrected chi connectivity index (χ1v) is 9.59. The number of fused-ring (bicyclic) bond motifs is 1. The average Bonchev–Trinajstić information content (AvgIpc) is 3.08. The molecule has 0 radical (unpaired) electrons. The molecule has 7 nitrogen and oxygen atoms in total. The van der Waals surface area contributed by atoms with Gasteiger partial charge < -0.3 is 15.7 Å². The van der Waals surface area contributed by atoms with Crippen molar-refractivity contribution in [2.45, 2.75) is 46.5 Å². The van der Waals surface area contributed by atoms with Gasteiger partial charge in [-0.15, -0.1) is 34.2 Å². The van der Waals surface area contributed by atoms with Crippen LogP contribution in [0.1, 0.15) is 45.9 Å². The van der Waals surface area contributed by atoms with E-state index < -0.39 is 0 Å². The summed E-state index contributed by atoms with van der Waals surface area (Å²) in [5.74, 6) is 1.74. The number of nitrogens with one attached hydrogen (secondary N) is 2. The Labute approximate surface area is 179 Å². The van der Waals surface area contributed by atoms with E-state index in [0.717, 1.165) is 56.2 Å². The van der Waals surface area contributed by atoms with Crippen molar-refractivity contribution in [1.82, 2.24) is 25.2 Å². The number of halogens is 1. The SMILES string of the molecule is CCNC(=NCC(CC)(CC)CCO)NCCc1nnc2ccccn12.I. The Balaban J connectivity index is 0.00000364. The summed E-state index contributed by atoms with van der Waals surface area (Å²) in [6.45, 7) is 8.86. The van der Waals surface area contributed by atoms with Crippen LogP contribution in [-0.2, 0) is 6.42 Å². The molecule has 0 bridgehead atoms. The summed E-state index contributed by atoms with van der Waals surface area (Å²) < 4.78 is 2.01. The number of hydrogen-bond donors (Lipinski definition) is 3. The second-order valence-electron chi connectivity index (χ2n) is 6.60. The van der Waals surface area contributed by atoms with Gasteiger partial charge in [-0.25, -0.2) is 0 Å². The third-order valence-corrected chi connectivity index (χ3v) is 5.08. The van der Waals surface area contributed by atoms with Crippen molar-refractivity contribution in [3.05, 3.63) is 30.2 Å². The number of aromatic nitrogens is 3. The number of aliphatic hydroxyl groups is 1. The Kier molecular flexibility index (Phi) is 10.6. The summed E-state index contributed by atoms with van der Waals surface area (Å²) in [6, 6.07) is 5.89. The molecule has 27 heavy (non-hydrogen) atoms. The first-order valence-electron chi connectivity index (χ1n) is 9.59. The minimum Gasteiger partial charge on any atom is -0.396 e. The van der Waals surface area contributed by atoms with Crippen LogP contribution in [0.15, 0.2) is 29.4 Å². The topological polar surface area (TPSA) is 86.8 Å². The molecule has 0 unspecified atom stereocenters. The van der Waals surface area contributed by atoms with E-state index in [4.69, 9.17) is 4.99 Å². The summed E-state index contributed by atoms with van der Waals surface area (Å²) in [6.07, 6.45) is 5.56. The number of nitrogens with zero attached hydrogens (tertiary/aromatic N) is 4. The second-order valence-corrected chi connectivity index (χ2v) is 6.60. The van der Waals surface area contributed by atoms with E-state index in [1.165, 1.54) is 0 Å². The lowest BCUT2D eigenvalue weighted by atomic mass is 9.79. The van der Waals surface area contributed by atoms with Crippen LogP contribution in [0.5, 0.6) is 0 Å². The first-order chi connectivity index (χ1) is 12.7. The van der Waals surface area contributed by atoms with Crippen LogP contribution in [-0.4, -0.2) is 51.9 Å². The zero-order valence-electron chi connectivity index (χ0n) is 16.6. The van der Waals surface area contributed by atoms with E-state index in [2.05, 4.69) is 41.6 Å². The van der Waals surface area contributed by atoms with Crippen LogP contribution in [0.4, 0.5) is 0 Å². The van der Waals surface area contributed by atoms with Gasteiger partial charge in [-0.3, -0.25) is 9.39 Å². The van der Waals surface area contributed by atoms with Gasteiger partial charge in [0.2, 0.25) is 0 Å². The van der Waals surface area contributed by atoms with Gasteiger partial charge >= 0.3 is 0 Å². The fraction of sp³-hybridized carbons (Fsp3) is 0.632.